The maximum absolute atomic E-state index is 12.8. The normalized spacial score (nSPS) is 18.4. The van der Waals surface area contributed by atoms with Gasteiger partial charge >= 0.3 is 12.1 Å². The van der Waals surface area contributed by atoms with Crippen LogP contribution in [0.15, 0.2) is 16.8 Å². The second kappa shape index (κ2) is 8.57. The SMILES string of the molecule is CC.CN=C(N1CCNC/C1=C\C(=O)OC)C(F)(F)F. The van der Waals surface area contributed by atoms with Crippen molar-refractivity contribution in [2.75, 3.05) is 33.8 Å². The third-order valence-electron chi connectivity index (χ3n) is 2.37. The van der Waals surface area contributed by atoms with Crippen LogP contribution in [0.25, 0.3) is 0 Å². The van der Waals surface area contributed by atoms with E-state index in [1.165, 1.54) is 7.11 Å². The predicted octanol–water partition coefficient (Wildman–Crippen LogP) is 1.57. The van der Waals surface area contributed by atoms with Gasteiger partial charge in [-0.15, -0.1) is 0 Å². The number of esters is 1. The van der Waals surface area contributed by atoms with Crippen molar-refractivity contribution in [2.24, 2.45) is 4.99 Å². The molecule has 1 aliphatic heterocycles. The third kappa shape index (κ3) is 5.20. The number of nitrogens with one attached hydrogen (secondary N) is 1. The van der Waals surface area contributed by atoms with E-state index in [0.717, 1.165) is 18.0 Å². The molecule has 0 spiro atoms. The van der Waals surface area contributed by atoms with Crippen molar-refractivity contribution in [1.29, 1.82) is 0 Å². The first-order valence-corrected chi connectivity index (χ1v) is 6.21. The minimum absolute atomic E-state index is 0.0923. The Hall–Kier alpha value is -1.57. The highest BCUT2D eigenvalue weighted by Crippen LogP contribution is 2.23. The lowest BCUT2D eigenvalue weighted by atomic mass is 10.2. The molecule has 0 saturated carbocycles. The van der Waals surface area contributed by atoms with Gasteiger partial charge in [0.05, 0.1) is 7.11 Å². The van der Waals surface area contributed by atoms with E-state index in [9.17, 15) is 18.0 Å². The number of methoxy groups -OCH3 is 1. The van der Waals surface area contributed by atoms with Crippen LogP contribution >= 0.6 is 0 Å². The summed E-state index contributed by atoms with van der Waals surface area (Å²) in [5.41, 5.74) is 0.186. The number of hydrogen-bond donors (Lipinski definition) is 1. The van der Waals surface area contributed by atoms with Gasteiger partial charge in [-0.3, -0.25) is 4.99 Å². The van der Waals surface area contributed by atoms with Crippen LogP contribution in [0.4, 0.5) is 13.2 Å². The van der Waals surface area contributed by atoms with Crippen LogP contribution in [0.5, 0.6) is 0 Å². The van der Waals surface area contributed by atoms with Crippen LogP contribution in [0, 0.1) is 0 Å². The molecule has 0 aromatic heterocycles. The van der Waals surface area contributed by atoms with Crippen molar-refractivity contribution in [1.82, 2.24) is 10.2 Å². The summed E-state index contributed by atoms with van der Waals surface area (Å²) >= 11 is 0. The number of amidine groups is 1. The van der Waals surface area contributed by atoms with Crippen LogP contribution in [-0.2, 0) is 9.53 Å². The van der Waals surface area contributed by atoms with E-state index >= 15 is 0 Å². The molecule has 1 heterocycles. The molecule has 0 aliphatic carbocycles. The summed E-state index contributed by atoms with van der Waals surface area (Å²) in [5, 5.41) is 2.88. The molecule has 0 radical (unpaired) electrons. The molecule has 8 heteroatoms. The van der Waals surface area contributed by atoms with Gasteiger partial charge in [0.25, 0.3) is 0 Å². The topological polar surface area (TPSA) is 53.9 Å². The summed E-state index contributed by atoms with van der Waals surface area (Å²) in [5.74, 6) is -1.71. The molecule has 20 heavy (non-hydrogen) atoms. The Bertz CT molecular complexity index is 379. The lowest BCUT2D eigenvalue weighted by molar-refractivity contribution is -0.135. The van der Waals surface area contributed by atoms with Gasteiger partial charge in [0.15, 0.2) is 0 Å². The van der Waals surface area contributed by atoms with Crippen molar-refractivity contribution in [3.63, 3.8) is 0 Å². The van der Waals surface area contributed by atoms with Gasteiger partial charge in [-0.2, -0.15) is 13.2 Å². The molecule has 1 fully saturated rings. The maximum Gasteiger partial charge on any atom is 0.449 e. The Morgan fingerprint density at radius 1 is 1.45 bits per heavy atom. The van der Waals surface area contributed by atoms with Gasteiger partial charge in [0.1, 0.15) is 0 Å². The molecule has 5 nitrogen and oxygen atoms in total. The zero-order valence-electron chi connectivity index (χ0n) is 12.0. The highest BCUT2D eigenvalue weighted by Gasteiger charge is 2.41. The summed E-state index contributed by atoms with van der Waals surface area (Å²) in [6.45, 7) is 4.63. The first-order valence-electron chi connectivity index (χ1n) is 6.21. The van der Waals surface area contributed by atoms with Crippen LogP contribution < -0.4 is 5.32 Å². The van der Waals surface area contributed by atoms with Gasteiger partial charge in [-0.25, -0.2) is 4.79 Å². The molecule has 1 saturated heterocycles. The van der Waals surface area contributed by atoms with Crippen molar-refractivity contribution >= 4 is 11.8 Å². The largest absolute Gasteiger partial charge is 0.466 e. The molecule has 0 amide bonds. The molecular formula is C12H20F3N3O2. The number of rotatable bonds is 1. The highest BCUT2D eigenvalue weighted by atomic mass is 19.4. The van der Waals surface area contributed by atoms with Gasteiger partial charge in [-0.1, -0.05) is 13.8 Å². The molecule has 116 valence electrons. The van der Waals surface area contributed by atoms with E-state index in [0.29, 0.717) is 6.54 Å². The molecule has 1 rings (SSSR count). The Balaban J connectivity index is 0.00000172. The van der Waals surface area contributed by atoms with Crippen LogP contribution in [0.3, 0.4) is 0 Å². The number of hydrogen-bond acceptors (Lipinski definition) is 4. The first kappa shape index (κ1) is 18.4. The zero-order chi connectivity index (χ0) is 15.8. The van der Waals surface area contributed by atoms with Gasteiger partial charge in [0, 0.05) is 38.5 Å². The third-order valence-corrected chi connectivity index (χ3v) is 2.37. The number of nitrogens with zero attached hydrogens (tertiary/aromatic N) is 2. The van der Waals surface area contributed by atoms with E-state index in [2.05, 4.69) is 15.0 Å². The van der Waals surface area contributed by atoms with Crippen LogP contribution in [0.1, 0.15) is 13.8 Å². The second-order valence-electron chi connectivity index (χ2n) is 3.53. The molecule has 0 aromatic rings. The Kier molecular flexibility index (Phi) is 7.90. The molecule has 0 aromatic carbocycles. The van der Waals surface area contributed by atoms with Gasteiger partial charge in [-0.05, 0) is 0 Å². The highest BCUT2D eigenvalue weighted by molar-refractivity contribution is 5.91. The fourth-order valence-corrected chi connectivity index (χ4v) is 1.61. The molecule has 0 bridgehead atoms. The van der Waals surface area contributed by atoms with Gasteiger partial charge < -0.3 is 15.0 Å². The number of ether oxygens (including phenoxy) is 1. The fourth-order valence-electron chi connectivity index (χ4n) is 1.61. The van der Waals surface area contributed by atoms with E-state index in [1.807, 2.05) is 13.8 Å². The lowest BCUT2D eigenvalue weighted by Crippen LogP contribution is -2.49. The quantitative estimate of drug-likeness (QED) is 0.345. The lowest BCUT2D eigenvalue weighted by Gasteiger charge is -2.33. The number of carbonyl (C=O) groups excluding carboxylic acids is 1. The summed E-state index contributed by atoms with van der Waals surface area (Å²) in [6.07, 6.45) is -3.52. The molecular weight excluding hydrogens is 275 g/mol. The molecule has 1 aliphatic rings. The predicted molar refractivity (Wildman–Crippen MR) is 70.4 cm³/mol. The monoisotopic (exact) mass is 295 g/mol. The Morgan fingerprint density at radius 3 is 2.50 bits per heavy atom. The van der Waals surface area contributed by atoms with E-state index < -0.39 is 18.0 Å². The zero-order valence-corrected chi connectivity index (χ0v) is 12.0. The minimum atomic E-state index is -4.55. The van der Waals surface area contributed by atoms with Crippen molar-refractivity contribution < 1.29 is 22.7 Å². The number of carbonyl (C=O) groups is 1. The van der Waals surface area contributed by atoms with E-state index in [-0.39, 0.29) is 18.8 Å². The minimum Gasteiger partial charge on any atom is -0.466 e. The Labute approximate surface area is 116 Å². The van der Waals surface area contributed by atoms with Crippen LogP contribution in [-0.4, -0.2) is 56.7 Å². The number of piperazine rings is 1. The molecule has 1 N–H and O–H groups in total. The number of alkyl halides is 3. The average Bonchev–Trinajstić information content (AvgIpc) is 2.42. The fraction of sp³-hybridized carbons (Fsp3) is 0.667. The maximum atomic E-state index is 12.8. The summed E-state index contributed by atoms with van der Waals surface area (Å²) in [4.78, 5) is 15.4. The van der Waals surface area contributed by atoms with Crippen molar-refractivity contribution in [2.45, 2.75) is 20.0 Å². The summed E-state index contributed by atoms with van der Waals surface area (Å²) < 4.78 is 42.7. The first-order chi connectivity index (χ1) is 9.40. The smallest absolute Gasteiger partial charge is 0.449 e. The average molecular weight is 295 g/mol. The van der Waals surface area contributed by atoms with E-state index in [1.54, 1.807) is 0 Å². The number of halogens is 3. The molecule has 0 atom stereocenters. The van der Waals surface area contributed by atoms with Crippen molar-refractivity contribution in [3.05, 3.63) is 11.8 Å². The number of aliphatic imine (C=N–C) groups is 1. The van der Waals surface area contributed by atoms with Gasteiger partial charge in [0.2, 0.25) is 5.84 Å². The van der Waals surface area contributed by atoms with Crippen molar-refractivity contribution in [3.8, 4) is 0 Å². The standard InChI is InChI=1S/C10H14F3N3O2.C2H6/c1-14-9(10(11,12)13)16-4-3-15-6-7(16)5-8(17)18-2;1-2/h5,15H,3-4,6H2,1-2H3;1-2H3/b7-5+,14-9?;. The van der Waals surface area contributed by atoms with E-state index in [4.69, 9.17) is 0 Å². The van der Waals surface area contributed by atoms with Crippen LogP contribution in [0.2, 0.25) is 0 Å². The molecule has 0 unspecified atom stereocenters. The summed E-state index contributed by atoms with van der Waals surface area (Å²) in [6, 6.07) is 0. The second-order valence-corrected chi connectivity index (χ2v) is 3.53. The Morgan fingerprint density at radius 2 is 2.05 bits per heavy atom. The summed E-state index contributed by atoms with van der Waals surface area (Å²) in [7, 11) is 2.24.